The third-order valence-corrected chi connectivity index (χ3v) is 3.20. The lowest BCUT2D eigenvalue weighted by Crippen LogP contribution is -2.42. The minimum Gasteiger partial charge on any atom is -0.444 e. The van der Waals surface area contributed by atoms with Crippen LogP contribution in [0.5, 0.6) is 0 Å². The van der Waals surface area contributed by atoms with Crippen molar-refractivity contribution >= 4 is 47.4 Å². The van der Waals surface area contributed by atoms with Crippen molar-refractivity contribution in [2.45, 2.75) is 32.9 Å². The fourth-order valence-corrected chi connectivity index (χ4v) is 2.11. The first-order chi connectivity index (χ1) is 9.90. The Morgan fingerprint density at radius 3 is 2.50 bits per heavy atom. The smallest absolute Gasteiger partial charge is 0.407 e. The van der Waals surface area contributed by atoms with Gasteiger partial charge in [-0.05, 0) is 32.2 Å². The van der Waals surface area contributed by atoms with Crippen molar-refractivity contribution in [2.24, 2.45) is 4.99 Å². The zero-order chi connectivity index (χ0) is 15.7. The van der Waals surface area contributed by atoms with E-state index in [2.05, 4.69) is 27.0 Å². The fourth-order valence-electron chi connectivity index (χ4n) is 1.46. The van der Waals surface area contributed by atoms with Gasteiger partial charge in [-0.1, -0.05) is 6.07 Å². The molecule has 126 valence electrons. The number of halogens is 1. The summed E-state index contributed by atoms with van der Waals surface area (Å²) in [5.74, 6) is 0.703. The number of carbonyl (C=O) groups excluding carboxylic acids is 1. The highest BCUT2D eigenvalue weighted by molar-refractivity contribution is 14.0. The fraction of sp³-hybridized carbons (Fsp3) is 0.571. The molecule has 0 saturated carbocycles. The monoisotopic (exact) mass is 440 g/mol. The van der Waals surface area contributed by atoms with Crippen LogP contribution in [0.3, 0.4) is 0 Å². The molecular formula is C14H25IN4O2S. The van der Waals surface area contributed by atoms with Crippen LogP contribution in [-0.4, -0.2) is 37.8 Å². The molecule has 0 aromatic carbocycles. The van der Waals surface area contributed by atoms with Crippen LogP contribution in [0.4, 0.5) is 4.79 Å². The Morgan fingerprint density at radius 2 is 1.95 bits per heavy atom. The van der Waals surface area contributed by atoms with Gasteiger partial charge in [0, 0.05) is 25.0 Å². The van der Waals surface area contributed by atoms with Crippen LogP contribution in [0.25, 0.3) is 0 Å². The second-order valence-electron chi connectivity index (χ2n) is 5.36. The van der Waals surface area contributed by atoms with Crippen molar-refractivity contribution in [3.63, 3.8) is 0 Å². The molecule has 3 N–H and O–H groups in total. The highest BCUT2D eigenvalue weighted by atomic mass is 127. The first-order valence-corrected chi connectivity index (χ1v) is 7.72. The zero-order valence-electron chi connectivity index (χ0n) is 13.4. The zero-order valence-corrected chi connectivity index (χ0v) is 16.6. The summed E-state index contributed by atoms with van der Waals surface area (Å²) in [5, 5.41) is 11.1. The quantitative estimate of drug-likeness (QED) is 0.285. The van der Waals surface area contributed by atoms with Crippen molar-refractivity contribution in [3.8, 4) is 0 Å². The summed E-state index contributed by atoms with van der Waals surface area (Å²) in [7, 11) is 1.71. The topological polar surface area (TPSA) is 74.8 Å². The van der Waals surface area contributed by atoms with E-state index in [1.165, 1.54) is 4.88 Å². The van der Waals surface area contributed by atoms with E-state index in [-0.39, 0.29) is 24.0 Å². The molecule has 1 aromatic heterocycles. The van der Waals surface area contributed by atoms with E-state index in [4.69, 9.17) is 4.74 Å². The van der Waals surface area contributed by atoms with Crippen LogP contribution >= 0.6 is 35.3 Å². The summed E-state index contributed by atoms with van der Waals surface area (Å²) >= 11 is 1.69. The number of hydrogen-bond donors (Lipinski definition) is 3. The lowest BCUT2D eigenvalue weighted by molar-refractivity contribution is 0.0529. The molecule has 1 aromatic rings. The van der Waals surface area contributed by atoms with Crippen LogP contribution in [0, 0.1) is 0 Å². The predicted molar refractivity (Wildman–Crippen MR) is 102 cm³/mol. The number of carbonyl (C=O) groups is 1. The van der Waals surface area contributed by atoms with E-state index in [9.17, 15) is 4.79 Å². The molecule has 0 unspecified atom stereocenters. The molecule has 1 amide bonds. The standard InChI is InChI=1S/C14H24N4O2S.HI/c1-14(2,3)20-13(19)17-8-7-16-12(15-4)18-10-11-6-5-9-21-11;/h5-6,9H,7-8,10H2,1-4H3,(H,17,19)(H2,15,16,18);1H. The lowest BCUT2D eigenvalue weighted by atomic mass is 10.2. The Kier molecular flexibility index (Phi) is 10.2. The van der Waals surface area contributed by atoms with Crippen molar-refractivity contribution in [2.75, 3.05) is 20.1 Å². The van der Waals surface area contributed by atoms with Gasteiger partial charge in [0.25, 0.3) is 0 Å². The van der Waals surface area contributed by atoms with E-state index in [1.54, 1.807) is 18.4 Å². The largest absolute Gasteiger partial charge is 0.444 e. The number of ether oxygens (including phenoxy) is 1. The van der Waals surface area contributed by atoms with E-state index in [0.29, 0.717) is 19.0 Å². The van der Waals surface area contributed by atoms with Gasteiger partial charge in [0.1, 0.15) is 5.60 Å². The van der Waals surface area contributed by atoms with E-state index < -0.39 is 11.7 Å². The maximum Gasteiger partial charge on any atom is 0.407 e. The van der Waals surface area contributed by atoms with Gasteiger partial charge in [-0.25, -0.2) is 4.79 Å². The molecule has 0 atom stereocenters. The van der Waals surface area contributed by atoms with Crippen LogP contribution in [0.15, 0.2) is 22.5 Å². The van der Waals surface area contributed by atoms with Gasteiger partial charge >= 0.3 is 6.09 Å². The highest BCUT2D eigenvalue weighted by Crippen LogP contribution is 2.07. The van der Waals surface area contributed by atoms with Crippen LogP contribution < -0.4 is 16.0 Å². The molecule has 0 saturated heterocycles. The number of hydrogen-bond acceptors (Lipinski definition) is 4. The molecule has 0 aliphatic rings. The third-order valence-electron chi connectivity index (χ3n) is 2.32. The summed E-state index contributed by atoms with van der Waals surface area (Å²) in [6, 6.07) is 4.08. The van der Waals surface area contributed by atoms with Crippen molar-refractivity contribution in [1.29, 1.82) is 0 Å². The number of amides is 1. The van der Waals surface area contributed by atoms with Gasteiger partial charge in [-0.15, -0.1) is 35.3 Å². The summed E-state index contributed by atoms with van der Waals surface area (Å²) in [6.45, 7) is 7.28. The average Bonchev–Trinajstić information content (AvgIpc) is 2.89. The van der Waals surface area contributed by atoms with E-state index in [0.717, 1.165) is 6.54 Å². The Bertz CT molecular complexity index is 458. The number of aliphatic imine (C=N–C) groups is 1. The average molecular weight is 440 g/mol. The first kappa shape index (κ1) is 21.0. The summed E-state index contributed by atoms with van der Waals surface area (Å²) in [6.07, 6.45) is -0.411. The van der Waals surface area contributed by atoms with Gasteiger partial charge in [0.15, 0.2) is 5.96 Å². The minimum absolute atomic E-state index is 0. The van der Waals surface area contributed by atoms with Crippen molar-refractivity contribution < 1.29 is 9.53 Å². The van der Waals surface area contributed by atoms with Gasteiger partial charge in [0.2, 0.25) is 0 Å². The summed E-state index contributed by atoms with van der Waals surface area (Å²) in [5.41, 5.74) is -0.476. The highest BCUT2D eigenvalue weighted by Gasteiger charge is 2.15. The number of rotatable bonds is 5. The Balaban J connectivity index is 0.00000441. The normalized spacial score (nSPS) is 11.4. The number of guanidine groups is 1. The van der Waals surface area contributed by atoms with E-state index >= 15 is 0 Å². The Hall–Kier alpha value is -1.03. The van der Waals surface area contributed by atoms with Gasteiger partial charge < -0.3 is 20.7 Å². The number of nitrogens with zero attached hydrogens (tertiary/aromatic N) is 1. The molecule has 0 aliphatic carbocycles. The molecule has 0 radical (unpaired) electrons. The molecule has 22 heavy (non-hydrogen) atoms. The summed E-state index contributed by atoms with van der Waals surface area (Å²) in [4.78, 5) is 16.8. The molecular weight excluding hydrogens is 415 g/mol. The van der Waals surface area contributed by atoms with Gasteiger partial charge in [-0.3, -0.25) is 4.99 Å². The van der Waals surface area contributed by atoms with Gasteiger partial charge in [0.05, 0.1) is 6.54 Å². The Labute approximate surface area is 153 Å². The lowest BCUT2D eigenvalue weighted by Gasteiger charge is -2.19. The SMILES string of the molecule is CN=C(NCCNC(=O)OC(C)(C)C)NCc1cccs1.I. The maximum absolute atomic E-state index is 11.4. The van der Waals surface area contributed by atoms with Crippen LogP contribution in [0.2, 0.25) is 0 Å². The molecule has 0 fully saturated rings. The molecule has 0 aliphatic heterocycles. The molecule has 1 heterocycles. The third kappa shape index (κ3) is 9.82. The van der Waals surface area contributed by atoms with Crippen molar-refractivity contribution in [1.82, 2.24) is 16.0 Å². The number of nitrogens with one attached hydrogen (secondary N) is 3. The molecule has 8 heteroatoms. The molecule has 0 bridgehead atoms. The second kappa shape index (κ2) is 10.7. The first-order valence-electron chi connectivity index (χ1n) is 6.84. The van der Waals surface area contributed by atoms with Crippen molar-refractivity contribution in [3.05, 3.63) is 22.4 Å². The van der Waals surface area contributed by atoms with Crippen LogP contribution in [0.1, 0.15) is 25.6 Å². The predicted octanol–water partition coefficient (Wildman–Crippen LogP) is 2.56. The van der Waals surface area contributed by atoms with E-state index in [1.807, 2.05) is 32.2 Å². The Morgan fingerprint density at radius 1 is 1.27 bits per heavy atom. The molecule has 1 rings (SSSR count). The molecule has 6 nitrogen and oxygen atoms in total. The molecule has 0 spiro atoms. The number of thiophene rings is 1. The van der Waals surface area contributed by atoms with Gasteiger partial charge in [-0.2, -0.15) is 0 Å². The van der Waals surface area contributed by atoms with Crippen LogP contribution in [-0.2, 0) is 11.3 Å². The number of alkyl carbamates (subject to hydrolysis) is 1. The second-order valence-corrected chi connectivity index (χ2v) is 6.39. The maximum atomic E-state index is 11.4. The minimum atomic E-state index is -0.476. The summed E-state index contributed by atoms with van der Waals surface area (Å²) < 4.78 is 5.15.